The van der Waals surface area contributed by atoms with Crippen molar-refractivity contribution < 1.29 is 14.7 Å². The summed E-state index contributed by atoms with van der Waals surface area (Å²) in [5.74, 6) is -0.380. The molecule has 6 nitrogen and oxygen atoms in total. The van der Waals surface area contributed by atoms with Crippen molar-refractivity contribution in [3.05, 3.63) is 82.3 Å². The number of fused-ring (bicyclic) bond motifs is 1. The third-order valence-electron chi connectivity index (χ3n) is 7.49. The molecule has 3 heterocycles. The Morgan fingerprint density at radius 3 is 2.41 bits per heavy atom. The molecule has 1 N–H and O–H groups in total. The first kappa shape index (κ1) is 24.4. The number of anilines is 1. The molecule has 2 saturated heterocycles. The minimum atomic E-state index is -0.919. The van der Waals surface area contributed by atoms with E-state index in [0.717, 1.165) is 30.8 Å². The number of rotatable bonds is 4. The minimum absolute atomic E-state index is 0.161. The van der Waals surface area contributed by atoms with E-state index < -0.39 is 11.6 Å². The Morgan fingerprint density at radius 2 is 1.70 bits per heavy atom. The molecule has 37 heavy (non-hydrogen) atoms. The quantitative estimate of drug-likeness (QED) is 0.318. The van der Waals surface area contributed by atoms with Gasteiger partial charge in [-0.25, -0.2) is 9.88 Å². The highest BCUT2D eigenvalue weighted by molar-refractivity contribution is 9.10. The van der Waals surface area contributed by atoms with Crippen LogP contribution in [-0.4, -0.2) is 45.9 Å². The Labute approximate surface area is 227 Å². The van der Waals surface area contributed by atoms with Gasteiger partial charge >= 0.3 is 0 Å². The van der Waals surface area contributed by atoms with Crippen molar-refractivity contribution >= 4 is 55.0 Å². The maximum Gasteiger partial charge on any atom is 0.251 e. The van der Waals surface area contributed by atoms with Crippen molar-refractivity contribution in [3.8, 4) is 10.6 Å². The van der Waals surface area contributed by atoms with E-state index in [1.807, 2.05) is 59.5 Å². The summed E-state index contributed by atoms with van der Waals surface area (Å²) in [5.41, 5.74) is 3.68. The summed E-state index contributed by atoms with van der Waals surface area (Å²) in [6, 6.07) is 21.0. The smallest absolute Gasteiger partial charge is 0.251 e. The molecule has 2 amide bonds. The number of aliphatic hydroxyl groups is 1. The highest BCUT2D eigenvalue weighted by Crippen LogP contribution is 2.37. The zero-order valence-corrected chi connectivity index (χ0v) is 22.8. The number of nitrogens with zero attached hydrogens (tertiary/aromatic N) is 3. The van der Waals surface area contributed by atoms with Crippen LogP contribution >= 0.6 is 27.3 Å². The molecule has 6 rings (SSSR count). The first-order chi connectivity index (χ1) is 17.8. The van der Waals surface area contributed by atoms with Gasteiger partial charge in [0.15, 0.2) is 0 Å². The molecule has 3 aromatic carbocycles. The third kappa shape index (κ3) is 4.52. The number of amides is 2. The molecule has 0 aliphatic carbocycles. The van der Waals surface area contributed by atoms with Gasteiger partial charge in [0.2, 0.25) is 5.91 Å². The highest BCUT2D eigenvalue weighted by Gasteiger charge is 2.45. The summed E-state index contributed by atoms with van der Waals surface area (Å²) >= 11 is 5.07. The maximum atomic E-state index is 13.4. The van der Waals surface area contributed by atoms with Crippen LogP contribution in [0.5, 0.6) is 0 Å². The average Bonchev–Trinajstić information content (AvgIpc) is 3.44. The fourth-order valence-electron chi connectivity index (χ4n) is 5.34. The molecule has 2 aliphatic rings. The lowest BCUT2D eigenvalue weighted by Crippen LogP contribution is -2.49. The molecule has 1 aromatic heterocycles. The number of carbonyl (C=O) groups is 2. The number of imide groups is 1. The Kier molecular flexibility index (Phi) is 6.23. The summed E-state index contributed by atoms with van der Waals surface area (Å²) < 4.78 is 2.11. The van der Waals surface area contributed by atoms with Crippen molar-refractivity contribution in [3.63, 3.8) is 0 Å². The normalized spacial score (nSPS) is 20.2. The molecule has 2 fully saturated rings. The Balaban J connectivity index is 1.16. The van der Waals surface area contributed by atoms with Gasteiger partial charge in [-0.3, -0.25) is 14.5 Å². The molecule has 0 saturated carbocycles. The van der Waals surface area contributed by atoms with E-state index in [1.165, 1.54) is 10.5 Å². The van der Waals surface area contributed by atoms with Gasteiger partial charge in [-0.15, -0.1) is 11.3 Å². The van der Waals surface area contributed by atoms with E-state index in [1.54, 1.807) is 11.3 Å². The Bertz CT molecular complexity index is 1490. The van der Waals surface area contributed by atoms with E-state index >= 15 is 0 Å². The third-order valence-corrected chi connectivity index (χ3v) is 9.08. The van der Waals surface area contributed by atoms with Crippen LogP contribution < -0.4 is 4.90 Å². The molecule has 0 bridgehead atoms. The van der Waals surface area contributed by atoms with E-state index in [-0.39, 0.29) is 18.2 Å². The molecular weight excluding hydrogens is 550 g/mol. The Hall–Kier alpha value is -2.91. The molecule has 1 atom stereocenters. The van der Waals surface area contributed by atoms with Crippen molar-refractivity contribution in [2.45, 2.75) is 37.8 Å². The van der Waals surface area contributed by atoms with Crippen LogP contribution in [0.15, 0.2) is 71.2 Å². The number of likely N-dealkylation sites (tertiary alicyclic amines) is 1. The van der Waals surface area contributed by atoms with Gasteiger partial charge in [0, 0.05) is 23.1 Å². The number of thiazole rings is 1. The lowest BCUT2D eigenvalue weighted by Gasteiger charge is -2.40. The van der Waals surface area contributed by atoms with Crippen LogP contribution in [0.1, 0.15) is 30.4 Å². The van der Waals surface area contributed by atoms with Gasteiger partial charge in [-0.1, -0.05) is 34.1 Å². The monoisotopic (exact) mass is 575 g/mol. The van der Waals surface area contributed by atoms with Gasteiger partial charge in [-0.2, -0.15) is 0 Å². The van der Waals surface area contributed by atoms with Crippen molar-refractivity contribution in [2.75, 3.05) is 18.0 Å². The summed E-state index contributed by atoms with van der Waals surface area (Å²) in [4.78, 5) is 34.4. The van der Waals surface area contributed by atoms with Gasteiger partial charge in [0.05, 0.1) is 34.0 Å². The van der Waals surface area contributed by atoms with E-state index in [9.17, 15) is 14.7 Å². The van der Waals surface area contributed by atoms with Crippen LogP contribution in [0.25, 0.3) is 20.8 Å². The van der Waals surface area contributed by atoms with Crippen LogP contribution in [0, 0.1) is 6.92 Å². The van der Waals surface area contributed by atoms with Gasteiger partial charge in [0.25, 0.3) is 5.91 Å². The van der Waals surface area contributed by atoms with E-state index in [2.05, 4.69) is 35.0 Å². The topological polar surface area (TPSA) is 73.7 Å². The maximum absolute atomic E-state index is 13.4. The molecule has 1 unspecified atom stereocenters. The van der Waals surface area contributed by atoms with Gasteiger partial charge < -0.3 is 5.11 Å². The van der Waals surface area contributed by atoms with Gasteiger partial charge in [0.1, 0.15) is 5.01 Å². The number of carbonyl (C=O) groups excluding carboxylic acids is 2. The number of piperidine rings is 1. The van der Waals surface area contributed by atoms with Crippen LogP contribution in [-0.2, 0) is 15.2 Å². The number of benzene rings is 3. The standard InChI is InChI=1S/C29H26BrN3O3S/c1-18-2-11-23-25(16-18)37-27(31-23)19-3-9-22(10-4-19)33-26(34)17-24(28(33)35)32-14-12-29(36,13-15-32)20-5-7-21(30)8-6-20/h2-11,16,24,36H,12-15,17H2,1H3. The summed E-state index contributed by atoms with van der Waals surface area (Å²) in [6.07, 6.45) is 1.19. The van der Waals surface area contributed by atoms with Crippen LogP contribution in [0.2, 0.25) is 0 Å². The highest BCUT2D eigenvalue weighted by atomic mass is 79.9. The molecule has 4 aromatic rings. The van der Waals surface area contributed by atoms with Gasteiger partial charge in [-0.05, 0) is 79.4 Å². The lowest BCUT2D eigenvalue weighted by molar-refractivity contribution is -0.124. The number of hydrogen-bond donors (Lipinski definition) is 1. The van der Waals surface area contributed by atoms with Crippen molar-refractivity contribution in [1.82, 2.24) is 9.88 Å². The molecule has 0 radical (unpaired) electrons. The van der Waals surface area contributed by atoms with E-state index in [4.69, 9.17) is 4.98 Å². The Morgan fingerprint density at radius 1 is 1.00 bits per heavy atom. The molecular formula is C29H26BrN3O3S. The van der Waals surface area contributed by atoms with Crippen LogP contribution in [0.3, 0.4) is 0 Å². The molecule has 2 aliphatic heterocycles. The number of halogens is 1. The zero-order chi connectivity index (χ0) is 25.7. The number of aromatic nitrogens is 1. The predicted octanol–water partition coefficient (Wildman–Crippen LogP) is 5.65. The summed E-state index contributed by atoms with van der Waals surface area (Å²) in [6.45, 7) is 3.18. The first-order valence-corrected chi connectivity index (χ1v) is 14.0. The van der Waals surface area contributed by atoms with Crippen molar-refractivity contribution in [1.29, 1.82) is 0 Å². The fourth-order valence-corrected chi connectivity index (χ4v) is 6.67. The first-order valence-electron chi connectivity index (χ1n) is 12.4. The summed E-state index contributed by atoms with van der Waals surface area (Å²) in [7, 11) is 0. The molecule has 188 valence electrons. The fraction of sp³-hybridized carbons (Fsp3) is 0.276. The minimum Gasteiger partial charge on any atom is -0.385 e. The number of aryl methyl sites for hydroxylation is 1. The van der Waals surface area contributed by atoms with E-state index in [0.29, 0.717) is 31.6 Å². The average molecular weight is 577 g/mol. The number of hydrogen-bond acceptors (Lipinski definition) is 6. The summed E-state index contributed by atoms with van der Waals surface area (Å²) in [5, 5.41) is 12.1. The van der Waals surface area contributed by atoms with Crippen molar-refractivity contribution in [2.24, 2.45) is 0 Å². The largest absolute Gasteiger partial charge is 0.385 e. The lowest BCUT2D eigenvalue weighted by atomic mass is 9.84. The second-order valence-corrected chi connectivity index (χ2v) is 11.8. The zero-order valence-electron chi connectivity index (χ0n) is 20.4. The molecule has 0 spiro atoms. The SMILES string of the molecule is Cc1ccc2nc(-c3ccc(N4C(=O)CC(N5CCC(O)(c6ccc(Br)cc6)CC5)C4=O)cc3)sc2c1. The van der Waals surface area contributed by atoms with Crippen LogP contribution in [0.4, 0.5) is 5.69 Å². The second-order valence-electron chi connectivity index (χ2n) is 9.90. The second kappa shape index (κ2) is 9.44. The predicted molar refractivity (Wildman–Crippen MR) is 150 cm³/mol. The molecule has 8 heteroatoms.